The van der Waals surface area contributed by atoms with E-state index in [1.54, 1.807) is 0 Å². The fourth-order valence-electron chi connectivity index (χ4n) is 9.04. The molecule has 17 nitrogen and oxygen atoms in total. The van der Waals surface area contributed by atoms with Crippen molar-refractivity contribution < 1.29 is 80.2 Å². The Morgan fingerprint density at radius 3 is 0.988 bits per heavy atom. The minimum absolute atomic E-state index is 0.0846. The number of phosphoric acid groups is 2. The standard InChI is InChI=1S/C64H120O17P2/c1-6-9-12-15-18-21-22-23-24-25-26-29-35-40-45-50-64(69)81-60(54-75-62(67)48-43-38-34-30-27-28-31-36-41-46-57(4)5)56-79-83(72,73)77-52-58(65)51-76-82(70,71)78-55-59(80-63(68)49-44-39-33-20-17-14-11-8-3)53-74-61(66)47-42-37-32-19-16-13-10-7-2/h21-24,57-60,65H,6-20,25-56H2,1-5H3,(H,70,71)(H,72,73)/b22-21-,24-23-/t58-,59+,60+/m0/s1. The van der Waals surface area contributed by atoms with Crippen LogP contribution in [-0.2, 0) is 65.4 Å². The number of rotatable bonds is 62. The third kappa shape index (κ3) is 58.3. The zero-order valence-electron chi connectivity index (χ0n) is 52.8. The van der Waals surface area contributed by atoms with Gasteiger partial charge in [-0.15, -0.1) is 0 Å². The minimum Gasteiger partial charge on any atom is -0.462 e. The van der Waals surface area contributed by atoms with Gasteiger partial charge in [-0.25, -0.2) is 9.13 Å². The summed E-state index contributed by atoms with van der Waals surface area (Å²) in [6.45, 7) is 7.05. The van der Waals surface area contributed by atoms with Crippen molar-refractivity contribution in [2.45, 2.75) is 316 Å². The zero-order chi connectivity index (χ0) is 61.3. The number of allylic oxidation sites excluding steroid dienone is 4. The highest BCUT2D eigenvalue weighted by Crippen LogP contribution is 2.45. The Morgan fingerprint density at radius 1 is 0.373 bits per heavy atom. The van der Waals surface area contributed by atoms with Crippen LogP contribution in [0.1, 0.15) is 298 Å². The van der Waals surface area contributed by atoms with Gasteiger partial charge in [0.25, 0.3) is 0 Å². The number of esters is 4. The number of hydrogen-bond acceptors (Lipinski definition) is 15. The fraction of sp³-hybridized carbons (Fsp3) is 0.875. The van der Waals surface area contributed by atoms with E-state index in [0.29, 0.717) is 25.7 Å². The van der Waals surface area contributed by atoms with Gasteiger partial charge >= 0.3 is 39.5 Å². The van der Waals surface area contributed by atoms with Crippen LogP contribution in [0.5, 0.6) is 0 Å². The molecule has 0 saturated carbocycles. The molecule has 0 radical (unpaired) electrons. The highest BCUT2D eigenvalue weighted by atomic mass is 31.2. The molecule has 83 heavy (non-hydrogen) atoms. The third-order valence-electron chi connectivity index (χ3n) is 14.2. The first-order valence-electron chi connectivity index (χ1n) is 33.0. The summed E-state index contributed by atoms with van der Waals surface area (Å²) in [6.07, 6.45) is 44.0. The van der Waals surface area contributed by atoms with Crippen LogP contribution in [0.4, 0.5) is 0 Å². The van der Waals surface area contributed by atoms with Crippen LogP contribution in [0.3, 0.4) is 0 Å². The minimum atomic E-state index is -4.95. The van der Waals surface area contributed by atoms with Gasteiger partial charge in [-0.2, -0.15) is 0 Å². The Balaban J connectivity index is 5.25. The molecular weight excluding hydrogens is 1100 g/mol. The number of ether oxygens (including phenoxy) is 4. The number of carbonyl (C=O) groups excluding carboxylic acids is 4. The van der Waals surface area contributed by atoms with Crippen molar-refractivity contribution in [1.29, 1.82) is 0 Å². The van der Waals surface area contributed by atoms with E-state index in [0.717, 1.165) is 121 Å². The van der Waals surface area contributed by atoms with Crippen molar-refractivity contribution in [1.82, 2.24) is 0 Å². The molecule has 0 aliphatic rings. The summed E-state index contributed by atoms with van der Waals surface area (Å²) < 4.78 is 67.8. The van der Waals surface area contributed by atoms with Gasteiger partial charge in [0, 0.05) is 25.7 Å². The maximum atomic E-state index is 13.0. The second-order valence-corrected chi connectivity index (χ2v) is 25.8. The van der Waals surface area contributed by atoms with Crippen LogP contribution in [0.2, 0.25) is 0 Å². The highest BCUT2D eigenvalue weighted by Gasteiger charge is 2.30. The lowest BCUT2D eigenvalue weighted by Crippen LogP contribution is -2.30. The van der Waals surface area contributed by atoms with Crippen LogP contribution >= 0.6 is 15.6 Å². The van der Waals surface area contributed by atoms with E-state index in [-0.39, 0.29) is 25.7 Å². The first-order chi connectivity index (χ1) is 40.0. The van der Waals surface area contributed by atoms with Crippen LogP contribution < -0.4 is 0 Å². The molecule has 0 aromatic heterocycles. The van der Waals surface area contributed by atoms with Crippen molar-refractivity contribution >= 4 is 39.5 Å². The molecule has 0 bridgehead atoms. The molecule has 0 fully saturated rings. The van der Waals surface area contributed by atoms with Gasteiger partial charge in [0.1, 0.15) is 19.3 Å². The van der Waals surface area contributed by atoms with Gasteiger partial charge < -0.3 is 33.8 Å². The zero-order valence-corrected chi connectivity index (χ0v) is 54.6. The van der Waals surface area contributed by atoms with Crippen molar-refractivity contribution in [2.75, 3.05) is 39.6 Å². The number of aliphatic hydroxyl groups is 1. The Kier molecular flexibility index (Phi) is 55.6. The largest absolute Gasteiger partial charge is 0.472 e. The smallest absolute Gasteiger partial charge is 0.462 e. The van der Waals surface area contributed by atoms with E-state index < -0.39 is 97.5 Å². The molecule has 0 saturated heterocycles. The van der Waals surface area contributed by atoms with Crippen molar-refractivity contribution in [2.24, 2.45) is 5.92 Å². The molecule has 2 unspecified atom stereocenters. The van der Waals surface area contributed by atoms with E-state index in [2.05, 4.69) is 58.9 Å². The molecule has 0 rings (SSSR count). The van der Waals surface area contributed by atoms with Gasteiger partial charge in [0.2, 0.25) is 0 Å². The van der Waals surface area contributed by atoms with Crippen LogP contribution in [0.15, 0.2) is 24.3 Å². The summed E-state index contributed by atoms with van der Waals surface area (Å²) in [5, 5.41) is 10.5. The van der Waals surface area contributed by atoms with E-state index in [9.17, 15) is 43.2 Å². The quantitative estimate of drug-likeness (QED) is 0.0169. The average molecular weight is 1220 g/mol. The molecule has 5 atom stereocenters. The molecule has 19 heteroatoms. The molecule has 3 N–H and O–H groups in total. The fourth-order valence-corrected chi connectivity index (χ4v) is 10.6. The van der Waals surface area contributed by atoms with E-state index >= 15 is 0 Å². The first-order valence-corrected chi connectivity index (χ1v) is 35.9. The molecule has 0 spiro atoms. The summed E-state index contributed by atoms with van der Waals surface area (Å²) >= 11 is 0. The Labute approximate surface area is 503 Å². The van der Waals surface area contributed by atoms with E-state index in [4.69, 9.17) is 37.0 Å². The van der Waals surface area contributed by atoms with Gasteiger partial charge in [-0.1, -0.05) is 245 Å². The van der Waals surface area contributed by atoms with Crippen molar-refractivity contribution in [3.8, 4) is 0 Å². The van der Waals surface area contributed by atoms with Gasteiger partial charge in [-0.05, 0) is 57.3 Å². The van der Waals surface area contributed by atoms with Gasteiger partial charge in [0.15, 0.2) is 12.2 Å². The lowest BCUT2D eigenvalue weighted by Gasteiger charge is -2.21. The predicted octanol–water partition coefficient (Wildman–Crippen LogP) is 17.3. The highest BCUT2D eigenvalue weighted by molar-refractivity contribution is 7.47. The Bertz CT molecular complexity index is 1710. The van der Waals surface area contributed by atoms with Gasteiger partial charge in [0.05, 0.1) is 26.4 Å². The van der Waals surface area contributed by atoms with Crippen molar-refractivity contribution in [3.63, 3.8) is 0 Å². The van der Waals surface area contributed by atoms with Crippen LogP contribution in [0.25, 0.3) is 0 Å². The summed E-state index contributed by atoms with van der Waals surface area (Å²) in [7, 11) is -9.89. The predicted molar refractivity (Wildman–Crippen MR) is 331 cm³/mol. The number of hydrogen-bond donors (Lipinski definition) is 3. The number of phosphoric ester groups is 2. The SMILES string of the molecule is CCCCCC/C=C\C=C/CCCCCCCC(=O)O[C@H](COC(=O)CCCCCCCCCCCC(C)C)COP(=O)(O)OC[C@@H](O)COP(=O)(O)OC[C@@H](COC(=O)CCCCCCCCCC)OC(=O)CCCCCCCCCC. The second kappa shape index (κ2) is 57.3. The topological polar surface area (TPSA) is 237 Å². The normalized spacial score (nSPS) is 14.4. The molecular formula is C64H120O17P2. The molecule has 0 aromatic carbocycles. The third-order valence-corrected chi connectivity index (χ3v) is 16.1. The molecule has 0 aromatic rings. The van der Waals surface area contributed by atoms with Gasteiger partial charge in [-0.3, -0.25) is 37.3 Å². The summed E-state index contributed by atoms with van der Waals surface area (Å²) in [5.41, 5.74) is 0. The maximum Gasteiger partial charge on any atom is 0.472 e. The van der Waals surface area contributed by atoms with E-state index in [1.165, 1.54) is 96.3 Å². The summed E-state index contributed by atoms with van der Waals surface area (Å²) in [6, 6.07) is 0. The summed E-state index contributed by atoms with van der Waals surface area (Å²) in [4.78, 5) is 72.0. The number of aliphatic hydroxyl groups excluding tert-OH is 1. The molecule has 0 aliphatic heterocycles. The van der Waals surface area contributed by atoms with Crippen LogP contribution in [0, 0.1) is 5.92 Å². The van der Waals surface area contributed by atoms with E-state index in [1.807, 2.05) is 0 Å². The Morgan fingerprint density at radius 2 is 0.651 bits per heavy atom. The molecule has 0 amide bonds. The molecule has 0 heterocycles. The molecule has 488 valence electrons. The van der Waals surface area contributed by atoms with Crippen LogP contribution in [-0.4, -0.2) is 96.7 Å². The first kappa shape index (κ1) is 80.5. The number of carbonyl (C=O) groups is 4. The lowest BCUT2D eigenvalue weighted by atomic mass is 10.0. The van der Waals surface area contributed by atoms with Crippen molar-refractivity contribution in [3.05, 3.63) is 24.3 Å². The summed E-state index contributed by atoms with van der Waals surface area (Å²) in [5.74, 6) is -1.43. The monoisotopic (exact) mass is 1220 g/mol. The second-order valence-electron chi connectivity index (χ2n) is 22.9. The average Bonchev–Trinajstić information content (AvgIpc) is 3.49. The number of unbranched alkanes of at least 4 members (excludes halogenated alkanes) is 31. The lowest BCUT2D eigenvalue weighted by molar-refractivity contribution is -0.161. The maximum absolute atomic E-state index is 13.0. The Hall–Kier alpha value is -2.46. The molecule has 0 aliphatic carbocycles.